The van der Waals surface area contributed by atoms with E-state index in [1.165, 1.54) is 12.1 Å². The van der Waals surface area contributed by atoms with Gasteiger partial charge in [-0.3, -0.25) is 0 Å². The number of carbonyl (C=O) groups excluding carboxylic acids is 1. The van der Waals surface area contributed by atoms with Gasteiger partial charge in [-0.05, 0) is 67.8 Å². The molecule has 166 valence electrons. The number of allylic oxidation sites excluding steroid dienone is 1. The molecule has 2 aromatic carbocycles. The van der Waals surface area contributed by atoms with Crippen molar-refractivity contribution in [3.8, 4) is 11.3 Å². The maximum atomic E-state index is 13.7. The standard InChI is InChI=1S/C26H26ClFN2O2/c1-17(2)23-14-20(15-24(29-23)19-11-12-22(28)21(27)13-19)26(3,4)30(5)25(31)32-16-18-9-7-6-8-10-18/h6-15H,1,16H2,2-5H3. The molecule has 6 heteroatoms. The molecule has 1 amide bonds. The Bertz CT molecular complexity index is 1150. The SMILES string of the molecule is C=C(C)c1cc(C(C)(C)N(C)C(=O)OCc2ccccc2)cc(-c2ccc(F)c(Cl)c2)n1. The van der Waals surface area contributed by atoms with Crippen molar-refractivity contribution in [2.45, 2.75) is 32.9 Å². The lowest BCUT2D eigenvalue weighted by atomic mass is 9.90. The minimum Gasteiger partial charge on any atom is -0.445 e. The van der Waals surface area contributed by atoms with Crippen LogP contribution in [0.25, 0.3) is 16.8 Å². The molecule has 0 aliphatic rings. The minimum atomic E-state index is -0.723. The van der Waals surface area contributed by atoms with Gasteiger partial charge >= 0.3 is 6.09 Å². The Morgan fingerprint density at radius 3 is 2.47 bits per heavy atom. The first-order valence-corrected chi connectivity index (χ1v) is 10.6. The van der Waals surface area contributed by atoms with E-state index in [0.717, 1.165) is 16.7 Å². The van der Waals surface area contributed by atoms with Gasteiger partial charge in [0.1, 0.15) is 12.4 Å². The van der Waals surface area contributed by atoms with E-state index in [0.29, 0.717) is 17.0 Å². The summed E-state index contributed by atoms with van der Waals surface area (Å²) in [5.41, 5.74) is 3.76. The fourth-order valence-electron chi connectivity index (χ4n) is 3.14. The second kappa shape index (κ2) is 9.53. The van der Waals surface area contributed by atoms with Gasteiger partial charge in [0.25, 0.3) is 0 Å². The molecule has 0 aliphatic carbocycles. The van der Waals surface area contributed by atoms with Crippen LogP contribution in [0.1, 0.15) is 37.6 Å². The van der Waals surface area contributed by atoms with Crippen LogP contribution in [0.2, 0.25) is 5.02 Å². The summed E-state index contributed by atoms with van der Waals surface area (Å²) in [7, 11) is 1.70. The average molecular weight is 453 g/mol. The predicted molar refractivity (Wildman–Crippen MR) is 127 cm³/mol. The number of amides is 1. The fraction of sp³-hybridized carbons (Fsp3) is 0.231. The van der Waals surface area contributed by atoms with Gasteiger partial charge in [-0.25, -0.2) is 14.2 Å². The van der Waals surface area contributed by atoms with Crippen LogP contribution in [0.4, 0.5) is 9.18 Å². The van der Waals surface area contributed by atoms with Gasteiger partial charge in [0, 0.05) is 12.6 Å². The van der Waals surface area contributed by atoms with Gasteiger partial charge in [0.15, 0.2) is 0 Å². The summed E-state index contributed by atoms with van der Waals surface area (Å²) < 4.78 is 19.2. The number of aromatic nitrogens is 1. The van der Waals surface area contributed by atoms with Crippen molar-refractivity contribution < 1.29 is 13.9 Å². The Kier molecular flexibility index (Phi) is 6.99. The van der Waals surface area contributed by atoms with Crippen LogP contribution in [0.5, 0.6) is 0 Å². The fourth-order valence-corrected chi connectivity index (χ4v) is 3.32. The third kappa shape index (κ3) is 5.17. The number of hydrogen-bond acceptors (Lipinski definition) is 3. The molecule has 0 saturated carbocycles. The van der Waals surface area contributed by atoms with Crippen LogP contribution in [0.3, 0.4) is 0 Å². The van der Waals surface area contributed by atoms with Crippen LogP contribution >= 0.6 is 11.6 Å². The second-order valence-electron chi connectivity index (χ2n) is 8.19. The van der Waals surface area contributed by atoms with Crippen molar-refractivity contribution >= 4 is 23.3 Å². The zero-order valence-electron chi connectivity index (χ0n) is 18.7. The van der Waals surface area contributed by atoms with Crippen molar-refractivity contribution in [2.24, 2.45) is 0 Å². The average Bonchev–Trinajstić information content (AvgIpc) is 2.79. The summed E-state index contributed by atoms with van der Waals surface area (Å²) in [5.74, 6) is -0.493. The third-order valence-corrected chi connectivity index (χ3v) is 5.79. The molecule has 3 aromatic rings. The van der Waals surface area contributed by atoms with E-state index in [1.54, 1.807) is 18.0 Å². The van der Waals surface area contributed by atoms with E-state index < -0.39 is 17.4 Å². The molecule has 0 bridgehead atoms. The molecule has 0 radical (unpaired) electrons. The first kappa shape index (κ1) is 23.5. The van der Waals surface area contributed by atoms with Gasteiger partial charge < -0.3 is 9.64 Å². The number of benzene rings is 2. The summed E-state index contributed by atoms with van der Waals surface area (Å²) in [6, 6.07) is 17.8. The van der Waals surface area contributed by atoms with Gasteiger partial charge in [-0.15, -0.1) is 0 Å². The Hall–Kier alpha value is -3.18. The topological polar surface area (TPSA) is 42.4 Å². The summed E-state index contributed by atoms with van der Waals surface area (Å²) in [4.78, 5) is 19.0. The summed E-state index contributed by atoms with van der Waals surface area (Å²) in [6.07, 6.45) is -0.445. The number of carbonyl (C=O) groups is 1. The molecule has 0 fully saturated rings. The number of nitrogens with zero attached hydrogens (tertiary/aromatic N) is 2. The van der Waals surface area contributed by atoms with Crippen LogP contribution in [-0.4, -0.2) is 23.0 Å². The molecule has 0 unspecified atom stereocenters. The molecular weight excluding hydrogens is 427 g/mol. The van der Waals surface area contributed by atoms with Gasteiger partial charge in [-0.1, -0.05) is 48.5 Å². The van der Waals surface area contributed by atoms with Crippen LogP contribution in [-0.2, 0) is 16.9 Å². The highest BCUT2D eigenvalue weighted by atomic mass is 35.5. The lowest BCUT2D eigenvalue weighted by molar-refractivity contribution is 0.0698. The molecule has 1 aromatic heterocycles. The van der Waals surface area contributed by atoms with Crippen LogP contribution in [0, 0.1) is 5.82 Å². The van der Waals surface area contributed by atoms with E-state index >= 15 is 0 Å². The Balaban J connectivity index is 1.93. The van der Waals surface area contributed by atoms with E-state index in [1.807, 2.05) is 63.2 Å². The first-order valence-electron chi connectivity index (χ1n) is 10.2. The quantitative estimate of drug-likeness (QED) is 0.401. The zero-order chi connectivity index (χ0) is 23.5. The minimum absolute atomic E-state index is 0.0208. The Morgan fingerprint density at radius 1 is 1.16 bits per heavy atom. The number of ether oxygens (including phenoxy) is 1. The highest BCUT2D eigenvalue weighted by molar-refractivity contribution is 6.31. The molecule has 1 heterocycles. The highest BCUT2D eigenvalue weighted by Gasteiger charge is 2.32. The zero-order valence-corrected chi connectivity index (χ0v) is 19.4. The molecule has 0 saturated heterocycles. The van der Waals surface area contributed by atoms with Crippen molar-refractivity contribution in [3.63, 3.8) is 0 Å². The largest absolute Gasteiger partial charge is 0.445 e. The van der Waals surface area contributed by atoms with E-state index in [4.69, 9.17) is 16.3 Å². The third-order valence-electron chi connectivity index (χ3n) is 5.50. The lowest BCUT2D eigenvalue weighted by Gasteiger charge is -2.35. The number of halogens is 2. The Morgan fingerprint density at radius 2 is 1.84 bits per heavy atom. The van der Waals surface area contributed by atoms with Crippen LogP contribution in [0.15, 0.2) is 67.2 Å². The first-order chi connectivity index (χ1) is 15.1. The molecule has 0 aliphatic heterocycles. The molecule has 0 spiro atoms. The van der Waals surface area contributed by atoms with Crippen molar-refractivity contribution in [1.29, 1.82) is 0 Å². The normalized spacial score (nSPS) is 11.2. The number of rotatable bonds is 6. The molecule has 0 atom stereocenters. The van der Waals surface area contributed by atoms with E-state index in [2.05, 4.69) is 11.6 Å². The molecule has 32 heavy (non-hydrogen) atoms. The lowest BCUT2D eigenvalue weighted by Crippen LogP contribution is -2.43. The smallest absolute Gasteiger partial charge is 0.410 e. The second-order valence-corrected chi connectivity index (χ2v) is 8.60. The molecule has 0 N–H and O–H groups in total. The maximum absolute atomic E-state index is 13.7. The van der Waals surface area contributed by atoms with E-state index in [-0.39, 0.29) is 11.6 Å². The van der Waals surface area contributed by atoms with E-state index in [9.17, 15) is 9.18 Å². The van der Waals surface area contributed by atoms with Crippen molar-refractivity contribution in [3.05, 3.63) is 94.9 Å². The maximum Gasteiger partial charge on any atom is 0.410 e. The van der Waals surface area contributed by atoms with Gasteiger partial charge in [0.2, 0.25) is 0 Å². The molecule has 3 rings (SSSR count). The molecule has 4 nitrogen and oxygen atoms in total. The van der Waals surface area contributed by atoms with Crippen LogP contribution < -0.4 is 0 Å². The summed E-state index contributed by atoms with van der Waals surface area (Å²) >= 11 is 5.98. The Labute approximate surface area is 193 Å². The summed E-state index contributed by atoms with van der Waals surface area (Å²) in [5, 5.41) is 0.0208. The van der Waals surface area contributed by atoms with Crippen molar-refractivity contribution in [2.75, 3.05) is 7.05 Å². The van der Waals surface area contributed by atoms with Gasteiger partial charge in [-0.2, -0.15) is 0 Å². The molecular formula is C26H26ClFN2O2. The predicted octanol–water partition coefficient (Wildman–Crippen LogP) is 7.08. The number of hydrogen-bond donors (Lipinski definition) is 0. The highest BCUT2D eigenvalue weighted by Crippen LogP contribution is 2.33. The monoisotopic (exact) mass is 452 g/mol. The van der Waals surface area contributed by atoms with Crippen molar-refractivity contribution in [1.82, 2.24) is 9.88 Å². The number of pyridine rings is 1. The summed E-state index contributed by atoms with van der Waals surface area (Å²) in [6.45, 7) is 9.90. The van der Waals surface area contributed by atoms with Gasteiger partial charge in [0.05, 0.1) is 21.9 Å².